The minimum atomic E-state index is -1.41. The Hall–Kier alpha value is -1.91. The molecule has 4 heterocycles. The third-order valence-electron chi connectivity index (χ3n) is 6.71. The van der Waals surface area contributed by atoms with Crippen LogP contribution in [-0.4, -0.2) is 69.2 Å². The molecule has 5 rings (SSSR count). The molecule has 0 saturated carbocycles. The van der Waals surface area contributed by atoms with E-state index in [1.807, 2.05) is 4.90 Å². The molecule has 7 nitrogen and oxygen atoms in total. The number of piperidine rings is 1. The van der Waals surface area contributed by atoms with Crippen molar-refractivity contribution in [2.45, 2.75) is 61.2 Å². The van der Waals surface area contributed by atoms with Crippen molar-refractivity contribution in [1.29, 1.82) is 0 Å². The summed E-state index contributed by atoms with van der Waals surface area (Å²) < 4.78 is 45.6. The zero-order valence-electron chi connectivity index (χ0n) is 17.9. The number of hydrogen-bond donors (Lipinski definition) is 2. The van der Waals surface area contributed by atoms with Crippen molar-refractivity contribution in [3.8, 4) is 0 Å². The van der Waals surface area contributed by atoms with Crippen LogP contribution in [0.5, 0.6) is 0 Å². The molecular weight excluding hydrogens is 438 g/mol. The number of nitrogens with one attached hydrogen (secondary N) is 1. The molecule has 1 aromatic heterocycles. The van der Waals surface area contributed by atoms with Crippen molar-refractivity contribution in [2.75, 3.05) is 42.3 Å². The number of aromatic nitrogens is 2. The van der Waals surface area contributed by atoms with Gasteiger partial charge < -0.3 is 20.1 Å². The molecule has 2 atom stereocenters. The highest BCUT2D eigenvalue weighted by Gasteiger charge is 2.38. The number of anilines is 2. The van der Waals surface area contributed by atoms with Gasteiger partial charge in [0.15, 0.2) is 0 Å². The summed E-state index contributed by atoms with van der Waals surface area (Å²) in [5, 5.41) is 14.5. The maximum Gasteiger partial charge on any atom is 0.227 e. The van der Waals surface area contributed by atoms with Gasteiger partial charge in [-0.1, -0.05) is 0 Å². The van der Waals surface area contributed by atoms with Crippen LogP contribution in [0.3, 0.4) is 0 Å². The van der Waals surface area contributed by atoms with Crippen LogP contribution in [-0.2, 0) is 22.0 Å². The van der Waals surface area contributed by atoms with Crippen molar-refractivity contribution in [2.24, 2.45) is 0 Å². The van der Waals surface area contributed by atoms with Crippen LogP contribution in [0.25, 0.3) is 0 Å². The summed E-state index contributed by atoms with van der Waals surface area (Å²) in [5.41, 5.74) is -0.135. The summed E-state index contributed by atoms with van der Waals surface area (Å²) in [6.07, 6.45) is 3.95. The topological polar surface area (TPSA) is 87.6 Å². The summed E-state index contributed by atoms with van der Waals surface area (Å²) in [6, 6.07) is 0.216. The van der Waals surface area contributed by atoms with E-state index in [0.29, 0.717) is 73.6 Å². The largest absolute Gasteiger partial charge is 0.385 e. The van der Waals surface area contributed by atoms with Crippen LogP contribution in [0.2, 0.25) is 0 Å². The van der Waals surface area contributed by atoms with Crippen LogP contribution in [0.4, 0.5) is 20.5 Å². The van der Waals surface area contributed by atoms with E-state index in [9.17, 15) is 18.1 Å². The fraction of sp³-hybridized carbons (Fsp3) is 0.636. The maximum atomic E-state index is 13.8. The Bertz CT molecular complexity index is 972. The first-order chi connectivity index (χ1) is 15.4. The Morgan fingerprint density at radius 1 is 1.25 bits per heavy atom. The number of halogens is 2. The number of nitrogens with zero attached hydrogens (tertiary/aromatic N) is 3. The lowest BCUT2D eigenvalue weighted by molar-refractivity contribution is 0.0539. The second-order valence-electron chi connectivity index (χ2n) is 8.93. The van der Waals surface area contributed by atoms with Crippen molar-refractivity contribution in [1.82, 2.24) is 9.97 Å². The first-order valence-electron chi connectivity index (χ1n) is 11.2. The van der Waals surface area contributed by atoms with Gasteiger partial charge >= 0.3 is 0 Å². The Morgan fingerprint density at radius 3 is 2.72 bits per heavy atom. The molecule has 2 unspecified atom stereocenters. The zero-order chi connectivity index (χ0) is 22.3. The highest BCUT2D eigenvalue weighted by molar-refractivity contribution is 7.85. The Balaban J connectivity index is 1.35. The van der Waals surface area contributed by atoms with E-state index in [-0.39, 0.29) is 12.5 Å². The number of rotatable bonds is 4. The maximum absolute atomic E-state index is 13.8. The van der Waals surface area contributed by atoms with Crippen LogP contribution in [0.15, 0.2) is 28.4 Å². The highest BCUT2D eigenvalue weighted by atomic mass is 32.2. The third-order valence-corrected chi connectivity index (χ3v) is 8.17. The molecule has 32 heavy (non-hydrogen) atoms. The Kier molecular flexibility index (Phi) is 6.02. The number of fused-ring (bicyclic) bond motifs is 1. The molecule has 0 radical (unpaired) electrons. The van der Waals surface area contributed by atoms with Crippen molar-refractivity contribution in [3.05, 3.63) is 29.2 Å². The van der Waals surface area contributed by atoms with E-state index in [0.717, 1.165) is 18.5 Å². The number of aryl methyl sites for hydroxylation is 1. The van der Waals surface area contributed by atoms with Gasteiger partial charge in [0.05, 0.1) is 22.1 Å². The minimum absolute atomic E-state index is 0.216. The van der Waals surface area contributed by atoms with E-state index in [2.05, 4.69) is 5.32 Å². The standard InChI is InChI=1S/C22H28F2N4O3S/c23-15-11-14(12-16(24)13-15)22(29)4-6-28(7-5-22)21-26-18-3-10-32(30)19(18)20(27-21)25-17-1-8-31-9-2-17/h11-12,15,17,29H,1-10,13H2,(H,25,26,27). The first-order valence-corrected chi connectivity index (χ1v) is 12.6. The summed E-state index contributed by atoms with van der Waals surface area (Å²) in [5.74, 6) is 1.19. The molecule has 0 bridgehead atoms. The Morgan fingerprint density at radius 2 is 2.00 bits per heavy atom. The molecule has 1 aromatic rings. The van der Waals surface area contributed by atoms with E-state index in [4.69, 9.17) is 14.7 Å². The van der Waals surface area contributed by atoms with E-state index in [1.54, 1.807) is 0 Å². The highest BCUT2D eigenvalue weighted by Crippen LogP contribution is 2.37. The molecule has 2 saturated heterocycles. The number of allylic oxidation sites excluding steroid dienone is 2. The molecule has 174 valence electrons. The van der Waals surface area contributed by atoms with Gasteiger partial charge in [0.1, 0.15) is 22.7 Å². The summed E-state index contributed by atoms with van der Waals surface area (Å²) >= 11 is 0. The zero-order valence-corrected chi connectivity index (χ0v) is 18.7. The van der Waals surface area contributed by atoms with Gasteiger partial charge in [-0.05, 0) is 43.4 Å². The second kappa shape index (κ2) is 8.79. The monoisotopic (exact) mass is 466 g/mol. The van der Waals surface area contributed by atoms with Crippen molar-refractivity contribution >= 4 is 22.6 Å². The van der Waals surface area contributed by atoms with Crippen LogP contribution < -0.4 is 10.2 Å². The molecule has 2 N–H and O–H groups in total. The average molecular weight is 467 g/mol. The lowest BCUT2D eigenvalue weighted by Crippen LogP contribution is -2.46. The summed E-state index contributed by atoms with van der Waals surface area (Å²) in [4.78, 5) is 12.1. The lowest BCUT2D eigenvalue weighted by Gasteiger charge is -2.40. The van der Waals surface area contributed by atoms with E-state index < -0.39 is 28.4 Å². The number of aliphatic hydroxyl groups is 1. The summed E-state index contributed by atoms with van der Waals surface area (Å²) in [6.45, 7) is 2.30. The molecule has 0 aromatic carbocycles. The number of hydrogen-bond acceptors (Lipinski definition) is 7. The van der Waals surface area contributed by atoms with Crippen LogP contribution in [0.1, 0.15) is 37.8 Å². The molecule has 3 aliphatic heterocycles. The lowest BCUT2D eigenvalue weighted by atomic mass is 9.81. The molecular formula is C22H28F2N4O3S. The molecule has 2 fully saturated rings. The smallest absolute Gasteiger partial charge is 0.227 e. The Labute approximate surface area is 188 Å². The molecule has 1 aliphatic carbocycles. The predicted octanol–water partition coefficient (Wildman–Crippen LogP) is 2.58. The van der Waals surface area contributed by atoms with Crippen LogP contribution in [0, 0.1) is 0 Å². The van der Waals surface area contributed by atoms with Gasteiger partial charge in [0.2, 0.25) is 5.95 Å². The molecule has 4 aliphatic rings. The van der Waals surface area contributed by atoms with Gasteiger partial charge in [0, 0.05) is 50.9 Å². The fourth-order valence-corrected chi connectivity index (χ4v) is 6.14. The third kappa shape index (κ3) is 4.32. The van der Waals surface area contributed by atoms with Crippen molar-refractivity contribution in [3.63, 3.8) is 0 Å². The molecule has 10 heteroatoms. The van der Waals surface area contributed by atoms with Crippen LogP contribution >= 0.6 is 0 Å². The minimum Gasteiger partial charge on any atom is -0.385 e. The normalized spacial score (nSPS) is 28.2. The molecule has 0 spiro atoms. The van der Waals surface area contributed by atoms with Gasteiger partial charge in [-0.15, -0.1) is 0 Å². The van der Waals surface area contributed by atoms with Gasteiger partial charge in [0.25, 0.3) is 0 Å². The quantitative estimate of drug-likeness (QED) is 0.705. The first kappa shape index (κ1) is 21.9. The van der Waals surface area contributed by atoms with Gasteiger partial charge in [-0.2, -0.15) is 4.98 Å². The SMILES string of the molecule is O=S1CCc2nc(N3CCC(O)(C4=CC(F)CC(F)=C4)CC3)nc(NC3CCOCC3)c21. The predicted molar refractivity (Wildman–Crippen MR) is 118 cm³/mol. The second-order valence-corrected chi connectivity index (χ2v) is 10.4. The fourth-order valence-electron chi connectivity index (χ4n) is 4.83. The van der Waals surface area contributed by atoms with Gasteiger partial charge in [-0.25, -0.2) is 13.8 Å². The van der Waals surface area contributed by atoms with E-state index >= 15 is 0 Å². The molecule has 0 amide bonds. The number of ether oxygens (including phenoxy) is 1. The average Bonchev–Trinajstić information content (AvgIpc) is 3.15. The summed E-state index contributed by atoms with van der Waals surface area (Å²) in [7, 11) is -1.11. The van der Waals surface area contributed by atoms with Crippen molar-refractivity contribution < 1.29 is 22.8 Å². The number of alkyl halides is 1. The van der Waals surface area contributed by atoms with Gasteiger partial charge in [-0.3, -0.25) is 4.21 Å². The van der Waals surface area contributed by atoms with E-state index in [1.165, 1.54) is 12.2 Å².